The smallest absolute Gasteiger partial charge is 0.254 e. The third kappa shape index (κ3) is 4.75. The first-order chi connectivity index (χ1) is 14.9. The molecule has 0 aromatic heterocycles. The van der Waals surface area contributed by atoms with Crippen molar-refractivity contribution in [1.82, 2.24) is 9.80 Å². The number of halogens is 1. The highest BCUT2D eigenvalue weighted by molar-refractivity contribution is 6.31. The van der Waals surface area contributed by atoms with Gasteiger partial charge in [0.2, 0.25) is 0 Å². The molecule has 0 spiro atoms. The number of aryl methyl sites for hydroxylation is 1. The highest BCUT2D eigenvalue weighted by Crippen LogP contribution is 2.27. The number of rotatable bonds is 6. The van der Waals surface area contributed by atoms with Gasteiger partial charge in [-0.05, 0) is 49.9 Å². The molecule has 0 aliphatic carbocycles. The van der Waals surface area contributed by atoms with Crippen molar-refractivity contribution in [2.75, 3.05) is 13.1 Å². The molecule has 2 aromatic rings. The van der Waals surface area contributed by atoms with Gasteiger partial charge in [-0.25, -0.2) is 0 Å². The predicted molar refractivity (Wildman–Crippen MR) is 124 cm³/mol. The molecule has 160 valence electrons. The molecule has 5 heteroatoms. The Morgan fingerprint density at radius 2 is 2.00 bits per heavy atom. The minimum Gasteiger partial charge on any atom is -0.350 e. The minimum atomic E-state index is 0.00668. The second-order valence-electron chi connectivity index (χ2n) is 8.34. The van der Waals surface area contributed by atoms with Crippen LogP contribution in [0.3, 0.4) is 0 Å². The van der Waals surface area contributed by atoms with Crippen LogP contribution >= 0.6 is 11.6 Å². The summed E-state index contributed by atoms with van der Waals surface area (Å²) in [5.74, 6) is 0.159. The van der Waals surface area contributed by atoms with Crippen LogP contribution in [0.4, 0.5) is 0 Å². The maximum atomic E-state index is 12.9. The first-order valence-corrected chi connectivity index (χ1v) is 11.1. The third-order valence-corrected chi connectivity index (χ3v) is 6.44. The molecule has 0 N–H and O–H groups in total. The molecule has 1 amide bonds. The molecule has 2 heterocycles. The number of Topliss-reactive ketones (excluding diaryl/α,β-unsaturated/α-hetero) is 1. The van der Waals surface area contributed by atoms with Crippen molar-refractivity contribution in [1.29, 1.82) is 0 Å². The lowest BCUT2D eigenvalue weighted by Crippen LogP contribution is -2.39. The lowest BCUT2D eigenvalue weighted by Gasteiger charge is -2.31. The fourth-order valence-corrected chi connectivity index (χ4v) is 4.53. The van der Waals surface area contributed by atoms with Crippen LogP contribution in [0, 0.1) is 12.8 Å². The van der Waals surface area contributed by atoms with E-state index in [1.165, 1.54) is 5.56 Å². The number of ketones is 1. The van der Waals surface area contributed by atoms with E-state index in [4.69, 9.17) is 11.6 Å². The molecule has 4 nitrogen and oxygen atoms in total. The summed E-state index contributed by atoms with van der Waals surface area (Å²) in [5.41, 5.74) is 4.92. The van der Waals surface area contributed by atoms with Crippen LogP contribution in [0.1, 0.15) is 40.4 Å². The van der Waals surface area contributed by atoms with E-state index in [0.29, 0.717) is 13.1 Å². The highest BCUT2D eigenvalue weighted by Gasteiger charge is 2.26. The zero-order chi connectivity index (χ0) is 22.0. The average molecular weight is 435 g/mol. The monoisotopic (exact) mass is 434 g/mol. The molecule has 2 aromatic carbocycles. The van der Waals surface area contributed by atoms with Gasteiger partial charge in [0, 0.05) is 54.1 Å². The van der Waals surface area contributed by atoms with Crippen LogP contribution in [-0.2, 0) is 17.8 Å². The summed E-state index contributed by atoms with van der Waals surface area (Å²) in [6.07, 6.45) is 7.61. The van der Waals surface area contributed by atoms with Gasteiger partial charge in [0.25, 0.3) is 5.91 Å². The largest absolute Gasteiger partial charge is 0.350 e. The topological polar surface area (TPSA) is 40.6 Å². The summed E-state index contributed by atoms with van der Waals surface area (Å²) < 4.78 is 0. The summed E-state index contributed by atoms with van der Waals surface area (Å²) in [4.78, 5) is 29.2. The highest BCUT2D eigenvalue weighted by atomic mass is 35.5. The molecule has 1 atom stereocenters. The lowest BCUT2D eigenvalue weighted by atomic mass is 9.90. The second kappa shape index (κ2) is 9.11. The Morgan fingerprint density at radius 1 is 1.19 bits per heavy atom. The number of carbonyl (C=O) groups excluding carboxylic acids is 2. The molecular weight excluding hydrogens is 408 g/mol. The fourth-order valence-electron chi connectivity index (χ4n) is 4.33. The number of nitrogens with zero attached hydrogens (tertiary/aromatic N) is 2. The number of allylic oxidation sites excluding steroid dienone is 2. The average Bonchev–Trinajstić information content (AvgIpc) is 2.75. The molecule has 2 aliphatic heterocycles. The number of hydrogen-bond acceptors (Lipinski definition) is 3. The Labute approximate surface area is 188 Å². The van der Waals surface area contributed by atoms with E-state index in [-0.39, 0.29) is 17.6 Å². The Kier molecular flexibility index (Phi) is 6.28. The van der Waals surface area contributed by atoms with Gasteiger partial charge in [0.1, 0.15) is 0 Å². The molecule has 0 radical (unpaired) electrons. The first kappa shape index (κ1) is 21.4. The Hall–Kier alpha value is -2.85. The van der Waals surface area contributed by atoms with E-state index < -0.39 is 0 Å². The van der Waals surface area contributed by atoms with Crippen LogP contribution in [0.5, 0.6) is 0 Å². The van der Waals surface area contributed by atoms with Gasteiger partial charge in [0.15, 0.2) is 5.78 Å². The number of benzene rings is 2. The maximum absolute atomic E-state index is 12.9. The maximum Gasteiger partial charge on any atom is 0.254 e. The summed E-state index contributed by atoms with van der Waals surface area (Å²) in [7, 11) is 0. The predicted octanol–water partition coefficient (Wildman–Crippen LogP) is 5.16. The third-order valence-electron chi connectivity index (χ3n) is 6.07. The first-order valence-electron chi connectivity index (χ1n) is 10.7. The van der Waals surface area contributed by atoms with Gasteiger partial charge in [0.05, 0.1) is 0 Å². The molecule has 0 fully saturated rings. The van der Waals surface area contributed by atoms with Crippen molar-refractivity contribution in [3.05, 3.63) is 93.8 Å². The van der Waals surface area contributed by atoms with E-state index in [2.05, 4.69) is 19.1 Å². The van der Waals surface area contributed by atoms with Crippen molar-refractivity contribution >= 4 is 23.3 Å². The minimum absolute atomic E-state index is 0.00668. The van der Waals surface area contributed by atoms with Crippen molar-refractivity contribution in [3.8, 4) is 0 Å². The second-order valence-corrected chi connectivity index (χ2v) is 8.75. The van der Waals surface area contributed by atoms with Crippen molar-refractivity contribution in [3.63, 3.8) is 0 Å². The molecule has 0 saturated heterocycles. The number of fused-ring (bicyclic) bond motifs is 1. The SMILES string of the molecule is CC(=O)C1=CN(Cc2ccccc2Cl)C=CC1CCN1CCc2cc(C)ccc2C1=O. The summed E-state index contributed by atoms with van der Waals surface area (Å²) in [6.45, 7) is 5.63. The number of hydrogen-bond donors (Lipinski definition) is 0. The van der Waals surface area contributed by atoms with Crippen molar-refractivity contribution in [2.24, 2.45) is 5.92 Å². The van der Waals surface area contributed by atoms with E-state index in [1.54, 1.807) is 6.92 Å². The summed E-state index contributed by atoms with van der Waals surface area (Å²) in [6, 6.07) is 13.8. The van der Waals surface area contributed by atoms with Gasteiger partial charge in [-0.1, -0.05) is 53.6 Å². The fraction of sp³-hybridized carbons (Fsp3) is 0.308. The molecule has 31 heavy (non-hydrogen) atoms. The Balaban J connectivity index is 1.42. The standard InChI is InChI=1S/C26H27ClN2O2/c1-18-7-8-23-21(15-18)11-14-29(26(23)31)13-10-20-9-12-28(17-24(20)19(2)30)16-22-5-3-4-6-25(22)27/h3-9,12,15,17,20H,10-11,13-14,16H2,1-2H3. The van der Waals surface area contributed by atoms with Crippen molar-refractivity contribution < 1.29 is 9.59 Å². The van der Waals surface area contributed by atoms with Crippen LogP contribution in [0.25, 0.3) is 0 Å². The molecule has 4 rings (SSSR count). The van der Waals surface area contributed by atoms with Crippen LogP contribution in [0.15, 0.2) is 66.5 Å². The van der Waals surface area contributed by atoms with Crippen molar-refractivity contribution in [2.45, 2.75) is 33.2 Å². The Bertz CT molecular complexity index is 1070. The van der Waals surface area contributed by atoms with E-state index in [0.717, 1.165) is 46.7 Å². The number of amides is 1. The van der Waals surface area contributed by atoms with Crippen LogP contribution in [-0.4, -0.2) is 34.6 Å². The van der Waals surface area contributed by atoms with Gasteiger partial charge < -0.3 is 9.80 Å². The Morgan fingerprint density at radius 3 is 2.77 bits per heavy atom. The number of carbonyl (C=O) groups is 2. The molecule has 2 aliphatic rings. The van der Waals surface area contributed by atoms with E-state index in [1.807, 2.05) is 58.6 Å². The van der Waals surface area contributed by atoms with Gasteiger partial charge in [-0.2, -0.15) is 0 Å². The van der Waals surface area contributed by atoms with Gasteiger partial charge >= 0.3 is 0 Å². The van der Waals surface area contributed by atoms with Gasteiger partial charge in [-0.3, -0.25) is 9.59 Å². The quantitative estimate of drug-likeness (QED) is 0.630. The van der Waals surface area contributed by atoms with E-state index in [9.17, 15) is 9.59 Å². The molecular formula is C26H27ClN2O2. The van der Waals surface area contributed by atoms with Gasteiger partial charge in [-0.15, -0.1) is 0 Å². The van der Waals surface area contributed by atoms with Crippen LogP contribution < -0.4 is 0 Å². The zero-order valence-electron chi connectivity index (χ0n) is 18.0. The van der Waals surface area contributed by atoms with Crippen LogP contribution in [0.2, 0.25) is 5.02 Å². The summed E-state index contributed by atoms with van der Waals surface area (Å²) >= 11 is 6.29. The molecule has 1 unspecified atom stereocenters. The zero-order valence-corrected chi connectivity index (χ0v) is 18.7. The molecule has 0 bridgehead atoms. The lowest BCUT2D eigenvalue weighted by molar-refractivity contribution is -0.114. The summed E-state index contributed by atoms with van der Waals surface area (Å²) in [5, 5.41) is 0.717. The van der Waals surface area contributed by atoms with E-state index >= 15 is 0 Å². The normalized spacial score (nSPS) is 18.1. The molecule has 0 saturated carbocycles.